The second kappa shape index (κ2) is 7.43. The van der Waals surface area contributed by atoms with Crippen molar-refractivity contribution in [3.05, 3.63) is 17.7 Å². The van der Waals surface area contributed by atoms with Gasteiger partial charge < -0.3 is 19.1 Å². The molecule has 25 heavy (non-hydrogen) atoms. The van der Waals surface area contributed by atoms with Crippen LogP contribution >= 0.6 is 0 Å². The Hall–Kier alpha value is -1.44. The van der Waals surface area contributed by atoms with Crippen LogP contribution in [0.15, 0.2) is 6.33 Å². The van der Waals surface area contributed by atoms with E-state index in [2.05, 4.69) is 14.5 Å². The maximum absolute atomic E-state index is 12.0. The molecule has 7 nitrogen and oxygen atoms in total. The predicted molar refractivity (Wildman–Crippen MR) is 90.4 cm³/mol. The van der Waals surface area contributed by atoms with Crippen LogP contribution in [-0.4, -0.2) is 64.5 Å². The van der Waals surface area contributed by atoms with Gasteiger partial charge in [-0.05, 0) is 31.6 Å². The molecule has 2 fully saturated rings. The van der Waals surface area contributed by atoms with Crippen molar-refractivity contribution in [1.82, 2.24) is 14.5 Å². The fourth-order valence-electron chi connectivity index (χ4n) is 4.41. The summed E-state index contributed by atoms with van der Waals surface area (Å²) < 4.78 is 13.0. The van der Waals surface area contributed by atoms with E-state index in [-0.39, 0.29) is 0 Å². The number of fused-ring (bicyclic) bond motifs is 1. The van der Waals surface area contributed by atoms with E-state index in [1.807, 2.05) is 6.33 Å². The van der Waals surface area contributed by atoms with E-state index in [1.165, 1.54) is 0 Å². The molecular weight excluding hydrogens is 322 g/mol. The summed E-state index contributed by atoms with van der Waals surface area (Å²) in [7, 11) is 0. The fourth-order valence-corrected chi connectivity index (χ4v) is 4.41. The second-order valence-corrected chi connectivity index (χ2v) is 7.45. The van der Waals surface area contributed by atoms with Gasteiger partial charge in [-0.3, -0.25) is 9.69 Å². The largest absolute Gasteiger partial charge is 0.481 e. The zero-order valence-electron chi connectivity index (χ0n) is 14.6. The van der Waals surface area contributed by atoms with Crippen LogP contribution in [0.25, 0.3) is 0 Å². The lowest BCUT2D eigenvalue weighted by Crippen LogP contribution is -2.45. The average Bonchev–Trinajstić information content (AvgIpc) is 3.05. The summed E-state index contributed by atoms with van der Waals surface area (Å²) in [5, 5.41) is 9.84. The minimum atomic E-state index is -0.744. The molecule has 1 unspecified atom stereocenters. The van der Waals surface area contributed by atoms with Crippen LogP contribution in [-0.2, 0) is 27.4 Å². The van der Waals surface area contributed by atoms with Gasteiger partial charge in [0.25, 0.3) is 0 Å². The van der Waals surface area contributed by atoms with Crippen molar-refractivity contribution >= 4 is 5.97 Å². The van der Waals surface area contributed by atoms with Crippen molar-refractivity contribution < 1.29 is 19.4 Å². The molecule has 0 amide bonds. The molecular formula is C18H27N3O4. The minimum Gasteiger partial charge on any atom is -0.481 e. The fraction of sp³-hybridized carbons (Fsp3) is 0.778. The molecule has 138 valence electrons. The Morgan fingerprint density at radius 1 is 1.16 bits per heavy atom. The normalized spacial score (nSPS) is 26.5. The first-order valence-electron chi connectivity index (χ1n) is 9.38. The Bertz CT molecular complexity index is 605. The standard InChI is InChI=1S/C18H27N3O4/c22-18(23)15-10-20(14-3-7-25-8-4-14)11-16-17(15)21(12-19-16)9-13-1-5-24-6-2-13/h12-15H,1-11H2,(H,22,23). The molecule has 1 atom stereocenters. The van der Waals surface area contributed by atoms with Gasteiger partial charge in [0.2, 0.25) is 0 Å². The molecule has 3 aliphatic heterocycles. The number of imidazole rings is 1. The molecule has 0 aromatic carbocycles. The lowest BCUT2D eigenvalue weighted by Gasteiger charge is -2.38. The molecule has 1 aromatic heterocycles. The molecule has 4 heterocycles. The summed E-state index contributed by atoms with van der Waals surface area (Å²) in [5.74, 6) is -0.685. The Morgan fingerprint density at radius 3 is 2.52 bits per heavy atom. The van der Waals surface area contributed by atoms with Gasteiger partial charge in [-0.1, -0.05) is 0 Å². The van der Waals surface area contributed by atoms with E-state index < -0.39 is 11.9 Å². The highest BCUT2D eigenvalue weighted by molar-refractivity contribution is 5.76. The van der Waals surface area contributed by atoms with Crippen molar-refractivity contribution in [2.24, 2.45) is 5.92 Å². The van der Waals surface area contributed by atoms with Crippen molar-refractivity contribution in [1.29, 1.82) is 0 Å². The van der Waals surface area contributed by atoms with Crippen molar-refractivity contribution in [3.63, 3.8) is 0 Å². The predicted octanol–water partition coefficient (Wildman–Crippen LogP) is 1.47. The van der Waals surface area contributed by atoms with E-state index in [0.29, 0.717) is 18.5 Å². The molecule has 0 saturated carbocycles. The Labute approximate surface area is 147 Å². The lowest BCUT2D eigenvalue weighted by molar-refractivity contribution is -0.140. The first-order chi connectivity index (χ1) is 12.2. The summed E-state index contributed by atoms with van der Waals surface area (Å²) in [6.45, 7) is 5.33. The third kappa shape index (κ3) is 3.59. The summed E-state index contributed by atoms with van der Waals surface area (Å²) in [5.41, 5.74) is 1.86. The Balaban J connectivity index is 1.54. The zero-order chi connectivity index (χ0) is 17.2. The van der Waals surface area contributed by atoms with E-state index >= 15 is 0 Å². The molecule has 0 bridgehead atoms. The average molecular weight is 349 g/mol. The molecule has 4 rings (SSSR count). The van der Waals surface area contributed by atoms with Crippen LogP contribution in [0.5, 0.6) is 0 Å². The molecule has 0 radical (unpaired) electrons. The van der Waals surface area contributed by atoms with Crippen LogP contribution in [0.3, 0.4) is 0 Å². The maximum atomic E-state index is 12.0. The number of aromatic nitrogens is 2. The molecule has 0 spiro atoms. The highest BCUT2D eigenvalue weighted by Gasteiger charge is 2.37. The first-order valence-corrected chi connectivity index (χ1v) is 9.38. The number of carboxylic acids is 1. The third-order valence-electron chi connectivity index (χ3n) is 5.86. The highest BCUT2D eigenvalue weighted by atomic mass is 16.5. The van der Waals surface area contributed by atoms with Crippen molar-refractivity contribution in [3.8, 4) is 0 Å². The Kier molecular flexibility index (Phi) is 5.05. The molecule has 1 N–H and O–H groups in total. The molecule has 0 aliphatic carbocycles. The summed E-state index contributed by atoms with van der Waals surface area (Å²) in [4.78, 5) is 18.9. The van der Waals surface area contributed by atoms with Gasteiger partial charge in [0.05, 0.1) is 17.7 Å². The van der Waals surface area contributed by atoms with Crippen LogP contribution in [0.1, 0.15) is 43.0 Å². The van der Waals surface area contributed by atoms with E-state index in [0.717, 1.165) is 76.6 Å². The molecule has 2 saturated heterocycles. The zero-order valence-corrected chi connectivity index (χ0v) is 14.6. The number of carboxylic acid groups (broad SMARTS) is 1. The maximum Gasteiger partial charge on any atom is 0.313 e. The van der Waals surface area contributed by atoms with Crippen LogP contribution in [0.2, 0.25) is 0 Å². The first kappa shape index (κ1) is 17.0. The van der Waals surface area contributed by atoms with Gasteiger partial charge in [0.1, 0.15) is 5.92 Å². The van der Waals surface area contributed by atoms with Gasteiger partial charge in [-0.2, -0.15) is 0 Å². The number of aliphatic carboxylic acids is 1. The number of carbonyl (C=O) groups is 1. The topological polar surface area (TPSA) is 76.8 Å². The smallest absolute Gasteiger partial charge is 0.313 e. The van der Waals surface area contributed by atoms with Crippen molar-refractivity contribution in [2.45, 2.75) is 50.7 Å². The number of hydrogen-bond acceptors (Lipinski definition) is 5. The van der Waals surface area contributed by atoms with Gasteiger partial charge in [0, 0.05) is 52.1 Å². The summed E-state index contributed by atoms with van der Waals surface area (Å²) in [6, 6.07) is 0.407. The van der Waals surface area contributed by atoms with E-state index in [4.69, 9.17) is 9.47 Å². The lowest BCUT2D eigenvalue weighted by atomic mass is 9.94. The number of ether oxygens (including phenoxy) is 2. The number of nitrogens with zero attached hydrogens (tertiary/aromatic N) is 3. The van der Waals surface area contributed by atoms with Gasteiger partial charge in [-0.25, -0.2) is 4.98 Å². The summed E-state index contributed by atoms with van der Waals surface area (Å²) >= 11 is 0. The van der Waals surface area contributed by atoms with Gasteiger partial charge in [-0.15, -0.1) is 0 Å². The van der Waals surface area contributed by atoms with Crippen LogP contribution < -0.4 is 0 Å². The SMILES string of the molecule is O=C(O)C1CN(C2CCOCC2)Cc2ncn(CC3CCOCC3)c21. The third-order valence-corrected chi connectivity index (χ3v) is 5.86. The molecule has 3 aliphatic rings. The van der Waals surface area contributed by atoms with Gasteiger partial charge in [0.15, 0.2) is 0 Å². The van der Waals surface area contributed by atoms with Crippen LogP contribution in [0, 0.1) is 5.92 Å². The van der Waals surface area contributed by atoms with Gasteiger partial charge >= 0.3 is 5.97 Å². The van der Waals surface area contributed by atoms with E-state index in [1.54, 1.807) is 0 Å². The Morgan fingerprint density at radius 2 is 1.84 bits per heavy atom. The highest BCUT2D eigenvalue weighted by Crippen LogP contribution is 2.32. The number of rotatable bonds is 4. The number of hydrogen-bond donors (Lipinski definition) is 1. The second-order valence-electron chi connectivity index (χ2n) is 7.45. The van der Waals surface area contributed by atoms with Crippen LogP contribution in [0.4, 0.5) is 0 Å². The minimum absolute atomic E-state index is 0.407. The molecule has 1 aromatic rings. The molecule has 7 heteroatoms. The summed E-state index contributed by atoms with van der Waals surface area (Å²) in [6.07, 6.45) is 5.89. The quantitative estimate of drug-likeness (QED) is 0.887. The van der Waals surface area contributed by atoms with E-state index in [9.17, 15) is 9.90 Å². The van der Waals surface area contributed by atoms with Crippen molar-refractivity contribution in [2.75, 3.05) is 33.0 Å². The monoisotopic (exact) mass is 349 g/mol.